The highest BCUT2D eigenvalue weighted by atomic mass is 35.5. The predicted octanol–water partition coefficient (Wildman–Crippen LogP) is 0.909. The van der Waals surface area contributed by atoms with E-state index in [1.165, 1.54) is 0 Å². The lowest BCUT2D eigenvalue weighted by atomic mass is 10.3. The van der Waals surface area contributed by atoms with Crippen molar-refractivity contribution in [1.82, 2.24) is 16.0 Å². The van der Waals surface area contributed by atoms with Gasteiger partial charge in [0.05, 0.1) is 0 Å². The number of hydrogen-bond acceptors (Lipinski definition) is 4. The van der Waals surface area contributed by atoms with Gasteiger partial charge in [0.2, 0.25) is 0 Å². The maximum absolute atomic E-state index is 8.15. The zero-order valence-electron chi connectivity index (χ0n) is 6.23. The van der Waals surface area contributed by atoms with Gasteiger partial charge in [0.15, 0.2) is 0 Å². The molecule has 0 aliphatic rings. The minimum atomic E-state index is 0. The molecule has 0 amide bonds. The second kappa shape index (κ2) is 8.70. The van der Waals surface area contributed by atoms with Crippen LogP contribution in [-0.4, -0.2) is 10.2 Å². The molecule has 0 bridgehead atoms. The summed E-state index contributed by atoms with van der Waals surface area (Å²) in [5, 5.41) is 8.15. The van der Waals surface area contributed by atoms with Gasteiger partial charge >= 0.3 is 0 Å². The van der Waals surface area contributed by atoms with E-state index in [4.69, 9.17) is 5.21 Å². The van der Waals surface area contributed by atoms with Crippen LogP contribution in [0.3, 0.4) is 0 Å². The topological polar surface area (TPSA) is 57.2 Å². The smallest absolute Gasteiger partial charge is 0.0388 e. The Morgan fingerprint density at radius 1 is 1.42 bits per heavy atom. The first kappa shape index (κ1) is 14.2. The Labute approximate surface area is 83.1 Å². The van der Waals surface area contributed by atoms with Crippen LogP contribution in [0.4, 0.5) is 0 Å². The number of halogens is 2. The summed E-state index contributed by atoms with van der Waals surface area (Å²) in [6.07, 6.45) is 3.43. The fourth-order valence-electron chi connectivity index (χ4n) is 0.644. The van der Waals surface area contributed by atoms with E-state index in [9.17, 15) is 0 Å². The van der Waals surface area contributed by atoms with E-state index in [-0.39, 0.29) is 24.8 Å². The van der Waals surface area contributed by atoms with Gasteiger partial charge in [-0.2, -0.15) is 0 Å². The summed E-state index contributed by atoms with van der Waals surface area (Å²) < 4.78 is 0. The number of hydrogen-bond donors (Lipinski definition) is 3. The second-order valence-corrected chi connectivity index (χ2v) is 1.83. The number of nitrogens with one attached hydrogen (secondary N) is 2. The number of rotatable bonds is 3. The lowest BCUT2D eigenvalue weighted by Gasteiger charge is -1.99. The number of nitrogens with zero attached hydrogens (tertiary/aromatic N) is 1. The quantitative estimate of drug-likeness (QED) is 0.652. The van der Waals surface area contributed by atoms with Crippen LogP contribution in [0.15, 0.2) is 24.5 Å². The molecule has 0 spiro atoms. The first-order valence-electron chi connectivity index (χ1n) is 2.94. The molecule has 6 heteroatoms. The van der Waals surface area contributed by atoms with Gasteiger partial charge < -0.3 is 5.21 Å². The molecule has 1 rings (SSSR count). The zero-order chi connectivity index (χ0) is 7.23. The Morgan fingerprint density at radius 2 is 2.17 bits per heavy atom. The number of hydrazine groups is 1. The first-order valence-corrected chi connectivity index (χ1v) is 2.94. The molecular weight excluding hydrogens is 201 g/mol. The van der Waals surface area contributed by atoms with E-state index in [1.54, 1.807) is 12.4 Å². The fraction of sp³-hybridized carbons (Fsp3) is 0.167. The van der Waals surface area contributed by atoms with E-state index < -0.39 is 0 Å². The number of pyridine rings is 1. The number of aromatic nitrogens is 1. The Balaban J connectivity index is 0. The SMILES string of the molecule is Cl.Cl.ONNCc1cccnc1. The van der Waals surface area contributed by atoms with Crippen LogP contribution in [0, 0.1) is 0 Å². The van der Waals surface area contributed by atoms with Crippen molar-refractivity contribution in [3.05, 3.63) is 30.1 Å². The highest BCUT2D eigenvalue weighted by Crippen LogP contribution is 1.92. The molecule has 70 valence electrons. The molecule has 12 heavy (non-hydrogen) atoms. The van der Waals surface area contributed by atoms with Gasteiger partial charge in [0.1, 0.15) is 0 Å². The maximum Gasteiger partial charge on any atom is 0.0388 e. The van der Waals surface area contributed by atoms with Crippen molar-refractivity contribution in [2.24, 2.45) is 0 Å². The average Bonchev–Trinajstić information content (AvgIpc) is 2.03. The summed E-state index contributed by atoms with van der Waals surface area (Å²) in [5.41, 5.74) is 5.39. The molecule has 1 aromatic heterocycles. The lowest BCUT2D eigenvalue weighted by molar-refractivity contribution is 0.118. The van der Waals surface area contributed by atoms with Gasteiger partial charge in [0.25, 0.3) is 0 Å². The summed E-state index contributed by atoms with van der Waals surface area (Å²) in [6.45, 7) is 0.560. The highest BCUT2D eigenvalue weighted by molar-refractivity contribution is 5.85. The molecule has 3 N–H and O–H groups in total. The summed E-state index contributed by atoms with van der Waals surface area (Å²) in [6, 6.07) is 3.76. The maximum atomic E-state index is 8.15. The lowest BCUT2D eigenvalue weighted by Crippen LogP contribution is -2.27. The molecule has 0 fully saturated rings. The molecule has 1 heterocycles. The van der Waals surface area contributed by atoms with Crippen molar-refractivity contribution in [2.45, 2.75) is 6.54 Å². The molecule has 0 unspecified atom stereocenters. The molecule has 4 nitrogen and oxygen atoms in total. The van der Waals surface area contributed by atoms with Crippen molar-refractivity contribution in [3.63, 3.8) is 0 Å². The van der Waals surface area contributed by atoms with E-state index in [1.807, 2.05) is 17.7 Å². The molecule has 0 saturated heterocycles. The van der Waals surface area contributed by atoms with Crippen LogP contribution in [-0.2, 0) is 6.54 Å². The van der Waals surface area contributed by atoms with E-state index in [0.717, 1.165) is 5.56 Å². The van der Waals surface area contributed by atoms with Gasteiger partial charge in [-0.1, -0.05) is 6.07 Å². The van der Waals surface area contributed by atoms with Crippen LogP contribution >= 0.6 is 24.8 Å². The van der Waals surface area contributed by atoms with Crippen molar-refractivity contribution >= 4 is 24.8 Å². The monoisotopic (exact) mass is 211 g/mol. The van der Waals surface area contributed by atoms with Gasteiger partial charge in [0, 0.05) is 18.9 Å². The van der Waals surface area contributed by atoms with Gasteiger partial charge in [-0.25, -0.2) is 5.43 Å². The van der Waals surface area contributed by atoms with E-state index >= 15 is 0 Å². The van der Waals surface area contributed by atoms with Crippen molar-refractivity contribution in [1.29, 1.82) is 0 Å². The molecule has 0 atom stereocenters. The van der Waals surface area contributed by atoms with E-state index in [2.05, 4.69) is 10.4 Å². The van der Waals surface area contributed by atoms with Gasteiger partial charge in [-0.3, -0.25) is 4.98 Å². The normalized spacial score (nSPS) is 8.08. The fourth-order valence-corrected chi connectivity index (χ4v) is 0.644. The van der Waals surface area contributed by atoms with Crippen molar-refractivity contribution in [3.8, 4) is 0 Å². The molecule has 0 radical (unpaired) electrons. The molecular formula is C6H11Cl2N3O. The van der Waals surface area contributed by atoms with E-state index in [0.29, 0.717) is 6.54 Å². The van der Waals surface area contributed by atoms with Gasteiger partial charge in [-0.05, 0) is 11.6 Å². The summed E-state index contributed by atoms with van der Waals surface area (Å²) in [5.74, 6) is 0. The largest absolute Gasteiger partial charge is 0.302 e. The Hall–Kier alpha value is -0.390. The minimum Gasteiger partial charge on any atom is -0.302 e. The highest BCUT2D eigenvalue weighted by Gasteiger charge is 1.87. The Kier molecular flexibility index (Phi) is 10.3. The minimum absolute atomic E-state index is 0. The second-order valence-electron chi connectivity index (χ2n) is 1.83. The molecule has 1 aromatic rings. The predicted molar refractivity (Wildman–Crippen MR) is 50.5 cm³/mol. The van der Waals surface area contributed by atoms with Crippen LogP contribution in [0.25, 0.3) is 0 Å². The van der Waals surface area contributed by atoms with Crippen LogP contribution < -0.4 is 11.0 Å². The molecule has 0 aliphatic heterocycles. The molecule has 0 aliphatic carbocycles. The molecule has 0 aromatic carbocycles. The average molecular weight is 212 g/mol. The van der Waals surface area contributed by atoms with Crippen LogP contribution in [0.2, 0.25) is 0 Å². The molecule has 0 saturated carbocycles. The van der Waals surface area contributed by atoms with Gasteiger partial charge in [-0.15, -0.1) is 30.4 Å². The van der Waals surface area contributed by atoms with Crippen molar-refractivity contribution in [2.75, 3.05) is 0 Å². The Morgan fingerprint density at radius 3 is 2.67 bits per heavy atom. The van der Waals surface area contributed by atoms with Crippen LogP contribution in [0.1, 0.15) is 5.56 Å². The Bertz CT molecular complexity index is 185. The van der Waals surface area contributed by atoms with Crippen molar-refractivity contribution < 1.29 is 5.21 Å². The summed E-state index contributed by atoms with van der Waals surface area (Å²) >= 11 is 0. The third-order valence-electron chi connectivity index (χ3n) is 1.09. The standard InChI is InChI=1S/C6H9N3O.2ClH/c10-9-8-5-6-2-1-3-7-4-6;;/h1-4,8-10H,5H2;2*1H. The zero-order valence-corrected chi connectivity index (χ0v) is 7.86. The van der Waals surface area contributed by atoms with Crippen LogP contribution in [0.5, 0.6) is 0 Å². The first-order chi connectivity index (χ1) is 4.93. The summed E-state index contributed by atoms with van der Waals surface area (Å²) in [4.78, 5) is 3.89. The third kappa shape index (κ3) is 5.29. The summed E-state index contributed by atoms with van der Waals surface area (Å²) in [7, 11) is 0. The third-order valence-corrected chi connectivity index (χ3v) is 1.09.